The Labute approximate surface area is 104 Å². The van der Waals surface area contributed by atoms with Crippen LogP contribution in [0.3, 0.4) is 0 Å². The van der Waals surface area contributed by atoms with E-state index in [2.05, 4.69) is 0 Å². The first-order valence-electron chi connectivity index (χ1n) is 5.18. The van der Waals surface area contributed by atoms with Gasteiger partial charge in [0.15, 0.2) is 5.12 Å². The van der Waals surface area contributed by atoms with Crippen LogP contribution in [0.4, 0.5) is 4.39 Å². The van der Waals surface area contributed by atoms with E-state index >= 15 is 0 Å². The van der Waals surface area contributed by atoms with E-state index in [1.165, 1.54) is 13.0 Å². The minimum absolute atomic E-state index is 0.0455. The lowest BCUT2D eigenvalue weighted by Crippen LogP contribution is -2.22. The topological polar surface area (TPSA) is 57.5 Å². The summed E-state index contributed by atoms with van der Waals surface area (Å²) in [7, 11) is 0. The molecule has 0 radical (unpaired) electrons. The van der Waals surface area contributed by atoms with Gasteiger partial charge in [-0.3, -0.25) is 4.79 Å². The molecule has 1 rings (SSSR count). The van der Waals surface area contributed by atoms with Gasteiger partial charge in [-0.25, -0.2) is 4.39 Å². The van der Waals surface area contributed by atoms with Crippen LogP contribution in [0.25, 0.3) is 0 Å². The fraction of sp³-hybridized carbons (Fsp3) is 0.417. The number of thioether (sulfide) groups is 1. The van der Waals surface area contributed by atoms with Crippen molar-refractivity contribution in [2.24, 2.45) is 0 Å². The molecular weight excluding hydrogens is 243 g/mol. The van der Waals surface area contributed by atoms with Crippen molar-refractivity contribution in [2.75, 3.05) is 5.75 Å². The normalized spacial score (nSPS) is 14.4. The van der Waals surface area contributed by atoms with Crippen LogP contribution in [-0.2, 0) is 4.79 Å². The maximum atomic E-state index is 13.7. The van der Waals surface area contributed by atoms with Gasteiger partial charge < -0.3 is 10.2 Å². The summed E-state index contributed by atoms with van der Waals surface area (Å²) in [5.41, 5.74) is 0.467. The van der Waals surface area contributed by atoms with Gasteiger partial charge in [-0.1, -0.05) is 30.0 Å². The van der Waals surface area contributed by atoms with Gasteiger partial charge in [-0.05, 0) is 12.5 Å². The SMILES string of the molecule is CC(=O)SCC(O)C(O)c1cccc(C)c1F. The molecule has 0 heterocycles. The molecule has 0 bridgehead atoms. The Kier molecular flexibility index (Phi) is 5.11. The van der Waals surface area contributed by atoms with Gasteiger partial charge >= 0.3 is 0 Å². The molecule has 0 aromatic heterocycles. The Balaban J connectivity index is 2.77. The molecule has 1 aromatic rings. The number of hydrogen-bond donors (Lipinski definition) is 2. The summed E-state index contributed by atoms with van der Waals surface area (Å²) in [6, 6.07) is 4.62. The molecule has 0 saturated carbocycles. The van der Waals surface area contributed by atoms with E-state index in [4.69, 9.17) is 0 Å². The largest absolute Gasteiger partial charge is 0.389 e. The summed E-state index contributed by atoms with van der Waals surface area (Å²) in [5, 5.41) is 19.3. The molecule has 0 fully saturated rings. The van der Waals surface area contributed by atoms with E-state index < -0.39 is 18.0 Å². The zero-order valence-corrected chi connectivity index (χ0v) is 10.5. The maximum absolute atomic E-state index is 13.7. The second-order valence-electron chi connectivity index (χ2n) is 3.79. The molecule has 1 aromatic carbocycles. The van der Waals surface area contributed by atoms with Crippen molar-refractivity contribution >= 4 is 16.9 Å². The quantitative estimate of drug-likeness (QED) is 0.864. The van der Waals surface area contributed by atoms with Crippen LogP contribution < -0.4 is 0 Å². The summed E-state index contributed by atoms with van der Waals surface area (Å²) in [6.07, 6.45) is -2.48. The zero-order chi connectivity index (χ0) is 13.0. The van der Waals surface area contributed by atoms with E-state index in [1.54, 1.807) is 19.1 Å². The highest BCUT2D eigenvalue weighted by Crippen LogP contribution is 2.24. The van der Waals surface area contributed by atoms with Crippen molar-refractivity contribution < 1.29 is 19.4 Å². The number of carbonyl (C=O) groups excluding carboxylic acids is 1. The third-order valence-corrected chi connectivity index (χ3v) is 3.28. The summed E-state index contributed by atoms with van der Waals surface area (Å²) < 4.78 is 13.7. The lowest BCUT2D eigenvalue weighted by atomic mass is 10.0. The van der Waals surface area contributed by atoms with Crippen LogP contribution in [0.1, 0.15) is 24.2 Å². The molecule has 0 aliphatic heterocycles. The summed E-state index contributed by atoms with van der Waals surface area (Å²) in [6.45, 7) is 2.96. The predicted octanol–water partition coefficient (Wildman–Crippen LogP) is 1.81. The molecule has 2 N–H and O–H groups in total. The Bertz CT molecular complexity index is 409. The van der Waals surface area contributed by atoms with Crippen LogP contribution in [0.5, 0.6) is 0 Å². The average molecular weight is 258 g/mol. The maximum Gasteiger partial charge on any atom is 0.185 e. The van der Waals surface area contributed by atoms with Crippen molar-refractivity contribution in [3.63, 3.8) is 0 Å². The van der Waals surface area contributed by atoms with E-state index in [0.29, 0.717) is 5.56 Å². The molecule has 0 aliphatic rings. The minimum Gasteiger partial charge on any atom is -0.389 e. The summed E-state index contributed by atoms with van der Waals surface area (Å²) >= 11 is 0.901. The molecule has 0 spiro atoms. The second kappa shape index (κ2) is 6.14. The smallest absolute Gasteiger partial charge is 0.185 e. The van der Waals surface area contributed by atoms with Crippen LogP contribution in [0.15, 0.2) is 18.2 Å². The van der Waals surface area contributed by atoms with Gasteiger partial charge in [0.1, 0.15) is 11.9 Å². The number of hydrogen-bond acceptors (Lipinski definition) is 4. The second-order valence-corrected chi connectivity index (χ2v) is 4.99. The number of carbonyl (C=O) groups is 1. The van der Waals surface area contributed by atoms with Gasteiger partial charge in [-0.15, -0.1) is 0 Å². The highest BCUT2D eigenvalue weighted by Gasteiger charge is 2.22. The number of aryl methyl sites for hydroxylation is 1. The zero-order valence-electron chi connectivity index (χ0n) is 9.68. The van der Waals surface area contributed by atoms with E-state index in [1.807, 2.05) is 0 Å². The van der Waals surface area contributed by atoms with E-state index in [-0.39, 0.29) is 16.4 Å². The lowest BCUT2D eigenvalue weighted by Gasteiger charge is -2.18. The Morgan fingerprint density at radius 3 is 2.71 bits per heavy atom. The number of rotatable bonds is 4. The molecule has 2 unspecified atom stereocenters. The molecule has 2 atom stereocenters. The fourth-order valence-corrected chi connectivity index (χ4v) is 1.99. The molecule has 94 valence electrons. The molecule has 5 heteroatoms. The molecule has 0 aliphatic carbocycles. The molecule has 0 saturated heterocycles. The van der Waals surface area contributed by atoms with Crippen molar-refractivity contribution in [3.8, 4) is 0 Å². The third-order valence-electron chi connectivity index (χ3n) is 2.36. The van der Waals surface area contributed by atoms with Gasteiger partial charge in [0.05, 0.1) is 6.10 Å². The van der Waals surface area contributed by atoms with Crippen molar-refractivity contribution in [1.29, 1.82) is 0 Å². The highest BCUT2D eigenvalue weighted by atomic mass is 32.2. The highest BCUT2D eigenvalue weighted by molar-refractivity contribution is 8.13. The monoisotopic (exact) mass is 258 g/mol. The molecule has 17 heavy (non-hydrogen) atoms. The third kappa shape index (κ3) is 3.80. The Morgan fingerprint density at radius 2 is 2.12 bits per heavy atom. The molecular formula is C12H15FO3S. The number of aliphatic hydroxyl groups excluding tert-OH is 2. The van der Waals surface area contributed by atoms with Gasteiger partial charge in [0.2, 0.25) is 0 Å². The number of benzene rings is 1. The Morgan fingerprint density at radius 1 is 1.47 bits per heavy atom. The first kappa shape index (κ1) is 14.2. The minimum atomic E-state index is -1.32. The summed E-state index contributed by atoms with van der Waals surface area (Å²) in [4.78, 5) is 10.7. The fourth-order valence-electron chi connectivity index (χ4n) is 1.40. The molecule has 0 amide bonds. The van der Waals surface area contributed by atoms with E-state index in [0.717, 1.165) is 11.8 Å². The van der Waals surface area contributed by atoms with E-state index in [9.17, 15) is 19.4 Å². The first-order valence-corrected chi connectivity index (χ1v) is 6.16. The van der Waals surface area contributed by atoms with Crippen molar-refractivity contribution in [1.82, 2.24) is 0 Å². The van der Waals surface area contributed by atoms with Crippen LogP contribution in [-0.4, -0.2) is 27.2 Å². The van der Waals surface area contributed by atoms with Crippen LogP contribution in [0, 0.1) is 12.7 Å². The van der Waals surface area contributed by atoms with Crippen molar-refractivity contribution in [3.05, 3.63) is 35.1 Å². The predicted molar refractivity (Wildman–Crippen MR) is 65.2 cm³/mol. The molecule has 3 nitrogen and oxygen atoms in total. The lowest BCUT2D eigenvalue weighted by molar-refractivity contribution is -0.109. The van der Waals surface area contributed by atoms with Crippen LogP contribution >= 0.6 is 11.8 Å². The van der Waals surface area contributed by atoms with Gasteiger partial charge in [0, 0.05) is 18.2 Å². The van der Waals surface area contributed by atoms with Crippen molar-refractivity contribution in [2.45, 2.75) is 26.1 Å². The van der Waals surface area contributed by atoms with Crippen LogP contribution in [0.2, 0.25) is 0 Å². The number of halogens is 1. The Hall–Kier alpha value is -0.910. The first-order chi connectivity index (χ1) is 7.93. The summed E-state index contributed by atoms with van der Waals surface area (Å²) in [5.74, 6) is -0.476. The standard InChI is InChI=1S/C12H15FO3S/c1-7-4-3-5-9(11(7)13)12(16)10(15)6-17-8(2)14/h3-5,10,12,15-16H,6H2,1-2H3. The number of aliphatic hydroxyl groups is 2. The van der Waals surface area contributed by atoms with Gasteiger partial charge in [-0.2, -0.15) is 0 Å². The van der Waals surface area contributed by atoms with Gasteiger partial charge in [0.25, 0.3) is 0 Å². The average Bonchev–Trinajstić information content (AvgIpc) is 2.28.